The average Bonchev–Trinajstić information content (AvgIpc) is 3.08. The van der Waals surface area contributed by atoms with E-state index in [-0.39, 0.29) is 30.6 Å². The molecule has 1 aliphatic rings. The molecule has 1 fully saturated rings. The number of aliphatic hydroxyl groups excluding tert-OH is 1. The zero-order valence-electron chi connectivity index (χ0n) is 26.1. The van der Waals surface area contributed by atoms with Gasteiger partial charge in [-0.2, -0.15) is 0 Å². The Kier molecular flexibility index (Phi) is 13.9. The number of aromatic nitrogens is 1. The highest BCUT2D eigenvalue weighted by molar-refractivity contribution is 5.75. The van der Waals surface area contributed by atoms with Crippen LogP contribution in [0.25, 0.3) is 0 Å². The number of rotatable bonds is 17. The second-order valence-corrected chi connectivity index (χ2v) is 11.7. The van der Waals surface area contributed by atoms with Gasteiger partial charge in [0, 0.05) is 62.8 Å². The molecule has 3 atom stereocenters. The number of carbonyl (C=O) groups excluding carboxylic acids is 2. The number of aliphatic hydroxyl groups is 1. The third-order valence-corrected chi connectivity index (χ3v) is 8.03. The summed E-state index contributed by atoms with van der Waals surface area (Å²) in [4.78, 5) is 30.1. The van der Waals surface area contributed by atoms with Gasteiger partial charge in [0.15, 0.2) is 6.29 Å². The summed E-state index contributed by atoms with van der Waals surface area (Å²) in [5.41, 5.74) is 6.51. The van der Waals surface area contributed by atoms with Crippen molar-refractivity contribution >= 4 is 11.8 Å². The van der Waals surface area contributed by atoms with Crippen LogP contribution in [0.2, 0.25) is 0 Å². The van der Waals surface area contributed by atoms with Crippen LogP contribution in [0, 0.1) is 0 Å². The van der Waals surface area contributed by atoms with Crippen LogP contribution in [0.1, 0.15) is 85.3 Å². The van der Waals surface area contributed by atoms with Gasteiger partial charge in [0.05, 0.1) is 18.8 Å². The number of pyridine rings is 1. The first-order valence-electron chi connectivity index (χ1n) is 15.8. The number of hydrogen-bond acceptors (Lipinski definition) is 8. The van der Waals surface area contributed by atoms with E-state index in [1.54, 1.807) is 5.48 Å². The Bertz CT molecular complexity index is 1310. The molecule has 0 saturated carbocycles. The van der Waals surface area contributed by atoms with Crippen LogP contribution in [0.3, 0.4) is 0 Å². The molecule has 10 nitrogen and oxygen atoms in total. The molecule has 0 spiro atoms. The standard InChI is InChI=1S/C35H46N4O6/c1-39(21-19-30-8-6-7-20-36-30)24-31-22-32(28-15-13-27(25-40)14-16-28)45-35(44-31)29-17-11-26(12-18-29)23-37-33(41)9-4-2-3-5-10-34(42)38-43/h6-8,11-18,20,31-32,35,40,43H,2-5,9-10,19,21-25H2,1H3,(H,37,41)(H,38,42)/t31-,32+,35+/m0/s1. The van der Waals surface area contributed by atoms with Gasteiger partial charge in [0.2, 0.25) is 11.8 Å². The van der Waals surface area contributed by atoms with E-state index >= 15 is 0 Å². The molecular weight excluding hydrogens is 572 g/mol. The average molecular weight is 619 g/mol. The van der Waals surface area contributed by atoms with Crippen LogP contribution in [0.15, 0.2) is 72.9 Å². The SMILES string of the molecule is CN(CCc1ccccn1)C[C@@H]1C[C@H](c2ccc(CO)cc2)O[C@H](c2ccc(CNC(=O)CCCCCCC(=O)NO)cc2)O1. The first kappa shape index (κ1) is 34.2. The zero-order chi connectivity index (χ0) is 31.9. The summed E-state index contributed by atoms with van der Waals surface area (Å²) in [5, 5.41) is 21.0. The minimum Gasteiger partial charge on any atom is -0.392 e. The smallest absolute Gasteiger partial charge is 0.243 e. The highest BCUT2D eigenvalue weighted by Crippen LogP contribution is 2.38. The van der Waals surface area contributed by atoms with Crippen molar-refractivity contribution in [3.63, 3.8) is 0 Å². The molecule has 0 radical (unpaired) electrons. The third-order valence-electron chi connectivity index (χ3n) is 8.03. The van der Waals surface area contributed by atoms with E-state index in [9.17, 15) is 14.7 Å². The highest BCUT2D eigenvalue weighted by Gasteiger charge is 2.32. The number of hydroxylamine groups is 1. The summed E-state index contributed by atoms with van der Waals surface area (Å²) in [6, 6.07) is 21.8. The lowest BCUT2D eigenvalue weighted by atomic mass is 9.99. The van der Waals surface area contributed by atoms with Crippen LogP contribution in [-0.2, 0) is 38.6 Å². The van der Waals surface area contributed by atoms with Crippen molar-refractivity contribution in [2.75, 3.05) is 20.1 Å². The van der Waals surface area contributed by atoms with E-state index < -0.39 is 6.29 Å². The van der Waals surface area contributed by atoms with Crippen molar-refractivity contribution in [3.8, 4) is 0 Å². The van der Waals surface area contributed by atoms with Crippen molar-refractivity contribution < 1.29 is 29.4 Å². The summed E-state index contributed by atoms with van der Waals surface area (Å²) in [7, 11) is 2.10. The first-order valence-corrected chi connectivity index (χ1v) is 15.8. The number of ether oxygens (including phenoxy) is 2. The maximum absolute atomic E-state index is 12.3. The second kappa shape index (κ2) is 18.3. The van der Waals surface area contributed by atoms with Crippen molar-refractivity contribution in [1.29, 1.82) is 0 Å². The molecule has 1 saturated heterocycles. The van der Waals surface area contributed by atoms with E-state index in [0.29, 0.717) is 32.2 Å². The Morgan fingerprint density at radius 2 is 1.58 bits per heavy atom. The molecule has 45 heavy (non-hydrogen) atoms. The molecule has 4 rings (SSSR count). The van der Waals surface area contributed by atoms with E-state index in [4.69, 9.17) is 14.7 Å². The third kappa shape index (κ3) is 11.6. The van der Waals surface area contributed by atoms with Crippen LogP contribution >= 0.6 is 0 Å². The lowest BCUT2D eigenvalue weighted by molar-refractivity contribution is -0.252. The Morgan fingerprint density at radius 1 is 0.889 bits per heavy atom. The number of unbranched alkanes of at least 4 members (excludes halogenated alkanes) is 3. The molecule has 2 heterocycles. The molecule has 2 amide bonds. The number of benzene rings is 2. The van der Waals surface area contributed by atoms with E-state index in [0.717, 1.165) is 66.7 Å². The first-order chi connectivity index (χ1) is 21.9. The van der Waals surface area contributed by atoms with Gasteiger partial charge in [-0.3, -0.25) is 19.8 Å². The van der Waals surface area contributed by atoms with Gasteiger partial charge in [0.25, 0.3) is 0 Å². The molecule has 10 heteroatoms. The van der Waals surface area contributed by atoms with Crippen LogP contribution in [0.4, 0.5) is 0 Å². The van der Waals surface area contributed by atoms with Crippen LogP contribution < -0.4 is 10.8 Å². The predicted octanol–water partition coefficient (Wildman–Crippen LogP) is 4.76. The van der Waals surface area contributed by atoms with Crippen LogP contribution in [0.5, 0.6) is 0 Å². The molecule has 242 valence electrons. The molecule has 2 aromatic carbocycles. The molecule has 4 N–H and O–H groups in total. The normalized spacial score (nSPS) is 18.1. The van der Waals surface area contributed by atoms with E-state index in [2.05, 4.69) is 22.2 Å². The fourth-order valence-corrected chi connectivity index (χ4v) is 5.39. The molecule has 0 aliphatic carbocycles. The van der Waals surface area contributed by atoms with Crippen molar-refractivity contribution in [2.24, 2.45) is 0 Å². The van der Waals surface area contributed by atoms with Crippen molar-refractivity contribution in [2.45, 2.75) is 83.0 Å². The summed E-state index contributed by atoms with van der Waals surface area (Å²) >= 11 is 0. The van der Waals surface area contributed by atoms with E-state index in [1.807, 2.05) is 72.9 Å². The predicted molar refractivity (Wildman–Crippen MR) is 170 cm³/mol. The molecule has 0 bridgehead atoms. The van der Waals surface area contributed by atoms with Gasteiger partial charge in [-0.05, 0) is 48.7 Å². The zero-order valence-corrected chi connectivity index (χ0v) is 26.1. The minimum atomic E-state index is -0.539. The van der Waals surface area contributed by atoms with Gasteiger partial charge < -0.3 is 24.8 Å². The number of hydrogen-bond donors (Lipinski definition) is 4. The lowest BCUT2D eigenvalue weighted by Crippen LogP contribution is -2.38. The van der Waals surface area contributed by atoms with Crippen molar-refractivity contribution in [3.05, 3.63) is 101 Å². The largest absolute Gasteiger partial charge is 0.392 e. The number of carbonyl (C=O) groups is 2. The van der Waals surface area contributed by atoms with Gasteiger partial charge in [-0.1, -0.05) is 67.4 Å². The van der Waals surface area contributed by atoms with Crippen molar-refractivity contribution in [1.82, 2.24) is 20.7 Å². The van der Waals surface area contributed by atoms with Gasteiger partial charge in [-0.15, -0.1) is 0 Å². The van der Waals surface area contributed by atoms with Gasteiger partial charge >= 0.3 is 0 Å². The van der Waals surface area contributed by atoms with Crippen LogP contribution in [-0.4, -0.2) is 58.3 Å². The number of nitrogens with one attached hydrogen (secondary N) is 2. The summed E-state index contributed by atoms with van der Waals surface area (Å²) < 4.78 is 13.0. The fourth-order valence-electron chi connectivity index (χ4n) is 5.39. The summed E-state index contributed by atoms with van der Waals surface area (Å²) in [5.74, 6) is -0.384. The van der Waals surface area contributed by atoms with E-state index in [1.165, 1.54) is 0 Å². The maximum atomic E-state index is 12.3. The summed E-state index contributed by atoms with van der Waals surface area (Å²) in [6.07, 6.45) is 6.52. The molecule has 1 aromatic heterocycles. The molecular formula is C35H46N4O6. The quantitative estimate of drug-likeness (QED) is 0.0968. The summed E-state index contributed by atoms with van der Waals surface area (Å²) in [6.45, 7) is 2.05. The molecule has 3 aromatic rings. The van der Waals surface area contributed by atoms with Gasteiger partial charge in [0.1, 0.15) is 0 Å². The monoisotopic (exact) mass is 618 g/mol. The number of amides is 2. The minimum absolute atomic E-state index is 0.00141. The van der Waals surface area contributed by atoms with Gasteiger partial charge in [-0.25, -0.2) is 5.48 Å². The molecule has 0 unspecified atom stereocenters. The number of likely N-dealkylation sites (N-methyl/N-ethyl adjacent to an activating group) is 1. The Hall–Kier alpha value is -3.67. The Balaban J connectivity index is 1.30. The Labute approximate surface area is 265 Å². The topological polar surface area (TPSA) is 133 Å². The lowest BCUT2D eigenvalue weighted by Gasteiger charge is -2.38. The highest BCUT2D eigenvalue weighted by atomic mass is 16.7. The number of nitrogens with zero attached hydrogens (tertiary/aromatic N) is 2. The second-order valence-electron chi connectivity index (χ2n) is 11.7. The maximum Gasteiger partial charge on any atom is 0.243 e. The Morgan fingerprint density at radius 3 is 2.24 bits per heavy atom. The fraction of sp³-hybridized carbons (Fsp3) is 0.457. The molecule has 1 aliphatic heterocycles.